The Bertz CT molecular complexity index is 977. The molecule has 0 spiro atoms. The molecule has 0 aliphatic rings. The fourth-order valence-electron chi connectivity index (χ4n) is 2.57. The zero-order chi connectivity index (χ0) is 17.8. The van der Waals surface area contributed by atoms with Gasteiger partial charge >= 0.3 is 5.63 Å². The third kappa shape index (κ3) is 3.63. The number of benzene rings is 2. The molecule has 3 aromatic rings. The second-order valence-electron chi connectivity index (χ2n) is 5.56. The van der Waals surface area contributed by atoms with Crippen LogP contribution < -0.4 is 16.1 Å². The van der Waals surface area contributed by atoms with Crippen LogP contribution in [0.25, 0.3) is 11.0 Å². The first kappa shape index (κ1) is 16.6. The topological polar surface area (TPSA) is 103 Å². The number of aromatic hydroxyl groups is 1. The van der Waals surface area contributed by atoms with Crippen LogP contribution >= 0.6 is 0 Å². The molecule has 0 saturated carbocycles. The smallest absolute Gasteiger partial charge is 0.343 e. The van der Waals surface area contributed by atoms with E-state index >= 15 is 0 Å². The Kier molecular flexibility index (Phi) is 4.70. The van der Waals surface area contributed by atoms with E-state index in [2.05, 4.69) is 0 Å². The van der Waals surface area contributed by atoms with Gasteiger partial charge in [-0.1, -0.05) is 18.2 Å². The van der Waals surface area contributed by atoms with Crippen molar-refractivity contribution in [3.63, 3.8) is 0 Å². The SMILES string of the molecule is NC(=O)c1cccc(OCCCc2c(O)c3ccccc3oc2=O)c1. The summed E-state index contributed by atoms with van der Waals surface area (Å²) in [5.41, 5.74) is 5.63. The third-order valence-corrected chi connectivity index (χ3v) is 3.84. The molecule has 0 fully saturated rings. The Morgan fingerprint density at radius 3 is 2.76 bits per heavy atom. The van der Waals surface area contributed by atoms with Crippen molar-refractivity contribution in [1.29, 1.82) is 0 Å². The molecule has 6 heteroatoms. The minimum atomic E-state index is -0.549. The largest absolute Gasteiger partial charge is 0.507 e. The van der Waals surface area contributed by atoms with E-state index in [-0.39, 0.29) is 11.3 Å². The number of amides is 1. The van der Waals surface area contributed by atoms with Crippen LogP contribution in [0.2, 0.25) is 0 Å². The molecule has 0 atom stereocenters. The molecular formula is C19H17NO5. The van der Waals surface area contributed by atoms with E-state index in [0.717, 1.165) is 0 Å². The minimum Gasteiger partial charge on any atom is -0.507 e. The molecule has 0 unspecified atom stereocenters. The highest BCUT2D eigenvalue weighted by Gasteiger charge is 2.13. The lowest BCUT2D eigenvalue weighted by Gasteiger charge is -2.08. The van der Waals surface area contributed by atoms with Crippen molar-refractivity contribution in [1.82, 2.24) is 0 Å². The molecule has 0 bridgehead atoms. The van der Waals surface area contributed by atoms with E-state index in [1.807, 2.05) is 0 Å². The Morgan fingerprint density at radius 2 is 1.96 bits per heavy atom. The maximum Gasteiger partial charge on any atom is 0.343 e. The normalized spacial score (nSPS) is 10.7. The van der Waals surface area contributed by atoms with Gasteiger partial charge in [0.05, 0.1) is 17.6 Å². The highest BCUT2D eigenvalue weighted by molar-refractivity contribution is 5.93. The first-order valence-electron chi connectivity index (χ1n) is 7.82. The van der Waals surface area contributed by atoms with Gasteiger partial charge < -0.3 is 20.0 Å². The van der Waals surface area contributed by atoms with Gasteiger partial charge in [-0.2, -0.15) is 0 Å². The van der Waals surface area contributed by atoms with Crippen LogP contribution in [-0.4, -0.2) is 17.6 Å². The van der Waals surface area contributed by atoms with E-state index in [0.29, 0.717) is 41.7 Å². The number of ether oxygens (including phenoxy) is 1. The van der Waals surface area contributed by atoms with Gasteiger partial charge in [-0.15, -0.1) is 0 Å². The molecule has 1 amide bonds. The van der Waals surface area contributed by atoms with Crippen molar-refractivity contribution >= 4 is 16.9 Å². The van der Waals surface area contributed by atoms with E-state index in [9.17, 15) is 14.7 Å². The quantitative estimate of drug-likeness (QED) is 0.531. The maximum atomic E-state index is 12.0. The van der Waals surface area contributed by atoms with Crippen LogP contribution in [0, 0.1) is 0 Å². The standard InChI is InChI=1S/C19H17NO5/c20-18(22)12-5-3-6-13(11-12)24-10-4-8-15-17(21)14-7-1-2-9-16(14)25-19(15)23/h1-3,5-7,9,11,21H,4,8,10H2,(H2,20,22). The van der Waals surface area contributed by atoms with Crippen LogP contribution in [-0.2, 0) is 6.42 Å². The van der Waals surface area contributed by atoms with Crippen molar-refractivity contribution in [2.24, 2.45) is 5.73 Å². The van der Waals surface area contributed by atoms with Crippen molar-refractivity contribution in [3.05, 3.63) is 70.1 Å². The molecule has 1 heterocycles. The predicted octanol–water partition coefficient (Wildman–Crippen LogP) is 2.61. The van der Waals surface area contributed by atoms with E-state index in [4.69, 9.17) is 14.9 Å². The van der Waals surface area contributed by atoms with Crippen LogP contribution in [0.1, 0.15) is 22.3 Å². The predicted molar refractivity (Wildman–Crippen MR) is 92.9 cm³/mol. The van der Waals surface area contributed by atoms with Crippen molar-refractivity contribution in [2.75, 3.05) is 6.61 Å². The summed E-state index contributed by atoms with van der Waals surface area (Å²) in [6.45, 7) is 0.313. The summed E-state index contributed by atoms with van der Waals surface area (Å²) in [6, 6.07) is 13.4. The average molecular weight is 339 g/mol. The molecule has 0 radical (unpaired) electrons. The van der Waals surface area contributed by atoms with Crippen LogP contribution in [0.4, 0.5) is 0 Å². The van der Waals surface area contributed by atoms with Gasteiger partial charge in [-0.3, -0.25) is 4.79 Å². The van der Waals surface area contributed by atoms with Gasteiger partial charge in [-0.05, 0) is 43.2 Å². The first-order chi connectivity index (χ1) is 12.1. The Hall–Kier alpha value is -3.28. The molecule has 25 heavy (non-hydrogen) atoms. The first-order valence-corrected chi connectivity index (χ1v) is 7.82. The van der Waals surface area contributed by atoms with Crippen molar-refractivity contribution < 1.29 is 19.1 Å². The third-order valence-electron chi connectivity index (χ3n) is 3.84. The van der Waals surface area contributed by atoms with E-state index in [1.54, 1.807) is 48.5 Å². The van der Waals surface area contributed by atoms with Crippen LogP contribution in [0.3, 0.4) is 0 Å². The molecular weight excluding hydrogens is 322 g/mol. The lowest BCUT2D eigenvalue weighted by atomic mass is 10.1. The van der Waals surface area contributed by atoms with Gasteiger partial charge in [0.1, 0.15) is 17.1 Å². The number of nitrogens with two attached hydrogens (primary N) is 1. The maximum absolute atomic E-state index is 12.0. The Labute approximate surface area is 143 Å². The van der Waals surface area contributed by atoms with Gasteiger partial charge in [0, 0.05) is 5.56 Å². The number of rotatable bonds is 6. The monoisotopic (exact) mass is 339 g/mol. The van der Waals surface area contributed by atoms with Crippen molar-refractivity contribution in [3.8, 4) is 11.5 Å². The summed E-state index contributed by atoms with van der Waals surface area (Å²) < 4.78 is 10.8. The summed E-state index contributed by atoms with van der Waals surface area (Å²) >= 11 is 0. The van der Waals surface area contributed by atoms with Crippen molar-refractivity contribution in [2.45, 2.75) is 12.8 Å². The number of carbonyl (C=O) groups is 1. The molecule has 1 aromatic heterocycles. The fraction of sp³-hybridized carbons (Fsp3) is 0.158. The van der Waals surface area contributed by atoms with E-state index < -0.39 is 11.5 Å². The van der Waals surface area contributed by atoms with Gasteiger partial charge in [0.15, 0.2) is 0 Å². The van der Waals surface area contributed by atoms with E-state index in [1.165, 1.54) is 0 Å². The summed E-state index contributed by atoms with van der Waals surface area (Å²) in [4.78, 5) is 23.2. The molecule has 3 N–H and O–H groups in total. The number of primary amides is 1. The molecule has 2 aromatic carbocycles. The van der Waals surface area contributed by atoms with Gasteiger partial charge in [0.25, 0.3) is 0 Å². The lowest BCUT2D eigenvalue weighted by molar-refractivity contribution is 0.1000. The average Bonchev–Trinajstić information content (AvgIpc) is 2.61. The number of para-hydroxylation sites is 1. The summed E-state index contributed by atoms with van der Waals surface area (Å²) in [5.74, 6) is -0.0576. The summed E-state index contributed by atoms with van der Waals surface area (Å²) in [6.07, 6.45) is 0.811. The van der Waals surface area contributed by atoms with Crippen LogP contribution in [0.5, 0.6) is 11.5 Å². The van der Waals surface area contributed by atoms with Crippen LogP contribution in [0.15, 0.2) is 57.7 Å². The molecule has 3 rings (SSSR count). The number of fused-ring (bicyclic) bond motifs is 1. The summed E-state index contributed by atoms with van der Waals surface area (Å²) in [7, 11) is 0. The minimum absolute atomic E-state index is 0.0532. The van der Waals surface area contributed by atoms with Gasteiger partial charge in [0.2, 0.25) is 5.91 Å². The number of hydrogen-bond donors (Lipinski definition) is 2. The summed E-state index contributed by atoms with van der Waals surface area (Å²) in [5, 5.41) is 10.8. The Balaban J connectivity index is 1.67. The fourth-order valence-corrected chi connectivity index (χ4v) is 2.57. The zero-order valence-corrected chi connectivity index (χ0v) is 13.4. The second kappa shape index (κ2) is 7.09. The molecule has 0 aliphatic heterocycles. The molecule has 6 nitrogen and oxygen atoms in total. The van der Waals surface area contributed by atoms with Gasteiger partial charge in [-0.25, -0.2) is 4.79 Å². The highest BCUT2D eigenvalue weighted by Crippen LogP contribution is 2.26. The number of hydrogen-bond acceptors (Lipinski definition) is 5. The molecule has 128 valence electrons. The lowest BCUT2D eigenvalue weighted by Crippen LogP contribution is -2.11. The molecule has 0 saturated heterocycles. The second-order valence-corrected chi connectivity index (χ2v) is 5.56. The molecule has 0 aliphatic carbocycles. The number of carbonyl (C=O) groups excluding carboxylic acids is 1. The highest BCUT2D eigenvalue weighted by atomic mass is 16.5. The zero-order valence-electron chi connectivity index (χ0n) is 13.4. The Morgan fingerprint density at radius 1 is 1.16 bits per heavy atom.